The number of amides is 1. The van der Waals surface area contributed by atoms with Gasteiger partial charge in [-0.15, -0.1) is 0 Å². The quantitative estimate of drug-likeness (QED) is 0.483. The molecule has 2 atom stereocenters. The van der Waals surface area contributed by atoms with Crippen molar-refractivity contribution in [3.05, 3.63) is 34.2 Å². The molecule has 1 aromatic rings. The van der Waals surface area contributed by atoms with Crippen LogP contribution in [-0.4, -0.2) is 23.7 Å². The van der Waals surface area contributed by atoms with Crippen LogP contribution in [0.5, 0.6) is 5.75 Å². The first-order valence-electron chi connectivity index (χ1n) is 5.42. The maximum Gasteiger partial charge on any atom is 0.265 e. The first-order chi connectivity index (χ1) is 8.61. The van der Waals surface area contributed by atoms with E-state index in [2.05, 4.69) is 15.3 Å². The largest absolute Gasteiger partial charge is 0.479 e. The minimum absolute atomic E-state index is 0.0551. The van der Waals surface area contributed by atoms with Gasteiger partial charge in [0.1, 0.15) is 5.75 Å². The van der Waals surface area contributed by atoms with E-state index in [1.165, 1.54) is 0 Å². The number of aliphatic hydroxyl groups excluding tert-OH is 1. The van der Waals surface area contributed by atoms with Crippen LogP contribution in [0.3, 0.4) is 0 Å². The molecule has 94 valence electrons. The molecule has 7 heteroatoms. The van der Waals surface area contributed by atoms with Gasteiger partial charge in [-0.25, -0.2) is 0 Å². The monoisotopic (exact) mass is 248 g/mol. The van der Waals surface area contributed by atoms with Crippen LogP contribution < -0.4 is 10.1 Å². The molecule has 0 aliphatic carbocycles. The number of benzene rings is 1. The van der Waals surface area contributed by atoms with Crippen molar-refractivity contribution in [3.63, 3.8) is 0 Å². The van der Waals surface area contributed by atoms with E-state index in [1.807, 2.05) is 0 Å². The molecular formula is C11H12N4O3. The fourth-order valence-electron chi connectivity index (χ4n) is 1.65. The van der Waals surface area contributed by atoms with Crippen molar-refractivity contribution in [1.82, 2.24) is 0 Å². The van der Waals surface area contributed by atoms with E-state index in [4.69, 9.17) is 10.3 Å². The van der Waals surface area contributed by atoms with Gasteiger partial charge >= 0.3 is 0 Å². The number of aliphatic hydroxyl groups is 1. The maximum absolute atomic E-state index is 11.4. The number of ether oxygens (including phenoxy) is 1. The third-order valence-corrected chi connectivity index (χ3v) is 2.64. The van der Waals surface area contributed by atoms with Crippen LogP contribution in [0.2, 0.25) is 0 Å². The number of azide groups is 1. The van der Waals surface area contributed by atoms with Gasteiger partial charge in [0, 0.05) is 4.91 Å². The summed E-state index contributed by atoms with van der Waals surface area (Å²) in [6.45, 7) is 1.60. The van der Waals surface area contributed by atoms with E-state index in [1.54, 1.807) is 25.1 Å². The van der Waals surface area contributed by atoms with E-state index in [9.17, 15) is 9.90 Å². The van der Waals surface area contributed by atoms with Gasteiger partial charge in [0.15, 0.2) is 6.10 Å². The van der Waals surface area contributed by atoms with Crippen LogP contribution in [-0.2, 0) is 4.79 Å². The molecule has 2 N–H and O–H groups in total. The molecule has 0 radical (unpaired) electrons. The molecular weight excluding hydrogens is 236 g/mol. The lowest BCUT2D eigenvalue weighted by molar-refractivity contribution is -0.122. The Balaban J connectivity index is 2.24. The number of rotatable bonds is 3. The minimum Gasteiger partial charge on any atom is -0.479 e. The normalized spacial score (nSPS) is 19.0. The molecule has 0 bridgehead atoms. The summed E-state index contributed by atoms with van der Waals surface area (Å²) in [5.41, 5.74) is 9.25. The van der Waals surface area contributed by atoms with Crippen molar-refractivity contribution in [2.75, 3.05) is 11.9 Å². The number of fused-ring (bicyclic) bond motifs is 1. The van der Waals surface area contributed by atoms with Gasteiger partial charge in [-0.05, 0) is 30.2 Å². The van der Waals surface area contributed by atoms with Gasteiger partial charge in [-0.2, -0.15) is 0 Å². The van der Waals surface area contributed by atoms with Crippen molar-refractivity contribution in [2.24, 2.45) is 5.11 Å². The zero-order valence-electron chi connectivity index (χ0n) is 9.70. The molecule has 1 aliphatic rings. The second-order valence-electron chi connectivity index (χ2n) is 3.93. The number of hydrogen-bond donors (Lipinski definition) is 2. The zero-order valence-corrected chi connectivity index (χ0v) is 9.70. The fraction of sp³-hybridized carbons (Fsp3) is 0.364. The molecule has 0 aromatic heterocycles. The minimum atomic E-state index is -0.901. The van der Waals surface area contributed by atoms with E-state index in [-0.39, 0.29) is 12.5 Å². The molecule has 1 heterocycles. The molecule has 1 aromatic carbocycles. The topological polar surface area (TPSA) is 107 Å². The lowest BCUT2D eigenvalue weighted by atomic mass is 10.1. The predicted molar refractivity (Wildman–Crippen MR) is 64.1 cm³/mol. The van der Waals surface area contributed by atoms with E-state index >= 15 is 0 Å². The first kappa shape index (κ1) is 12.2. The van der Waals surface area contributed by atoms with E-state index in [0.29, 0.717) is 17.0 Å². The van der Waals surface area contributed by atoms with E-state index < -0.39 is 12.2 Å². The maximum atomic E-state index is 11.4. The third kappa shape index (κ3) is 2.37. The summed E-state index contributed by atoms with van der Waals surface area (Å²) >= 11 is 0. The van der Waals surface area contributed by atoms with Crippen LogP contribution in [0.1, 0.15) is 18.6 Å². The van der Waals surface area contributed by atoms with Gasteiger partial charge in [0.2, 0.25) is 0 Å². The number of hydrogen-bond acceptors (Lipinski definition) is 4. The SMILES string of the molecule is CC1Oc2ccc(C(O)CN=[N+]=[N-])cc2NC1=O. The summed E-state index contributed by atoms with van der Waals surface area (Å²) in [5, 5.41) is 15.7. The Morgan fingerprint density at radius 3 is 3.17 bits per heavy atom. The lowest BCUT2D eigenvalue weighted by Crippen LogP contribution is -2.34. The van der Waals surface area contributed by atoms with Crippen LogP contribution in [0.25, 0.3) is 10.4 Å². The van der Waals surface area contributed by atoms with Crippen molar-refractivity contribution < 1.29 is 14.6 Å². The Labute approximate surface area is 103 Å². The summed E-state index contributed by atoms with van der Waals surface area (Å²) in [7, 11) is 0. The zero-order chi connectivity index (χ0) is 13.1. The number of nitrogens with one attached hydrogen (secondary N) is 1. The Morgan fingerprint density at radius 1 is 1.67 bits per heavy atom. The molecule has 1 amide bonds. The van der Waals surface area contributed by atoms with Crippen molar-refractivity contribution in [1.29, 1.82) is 0 Å². The number of carbonyl (C=O) groups excluding carboxylic acids is 1. The molecule has 0 saturated heterocycles. The molecule has 7 nitrogen and oxygen atoms in total. The van der Waals surface area contributed by atoms with Gasteiger partial charge in [-0.3, -0.25) is 4.79 Å². The van der Waals surface area contributed by atoms with Crippen LogP contribution in [0.4, 0.5) is 5.69 Å². The summed E-state index contributed by atoms with van der Waals surface area (Å²) < 4.78 is 5.38. The van der Waals surface area contributed by atoms with Crippen LogP contribution in [0.15, 0.2) is 23.3 Å². The van der Waals surface area contributed by atoms with E-state index in [0.717, 1.165) is 0 Å². The van der Waals surface area contributed by atoms with Crippen molar-refractivity contribution in [3.8, 4) is 5.75 Å². The summed E-state index contributed by atoms with van der Waals surface area (Å²) in [6.07, 6.45) is -1.43. The average molecular weight is 248 g/mol. The number of nitrogens with zero attached hydrogens (tertiary/aromatic N) is 3. The van der Waals surface area contributed by atoms with Gasteiger partial charge in [0.05, 0.1) is 18.3 Å². The summed E-state index contributed by atoms with van der Waals surface area (Å²) in [6, 6.07) is 4.94. The second kappa shape index (κ2) is 4.95. The molecule has 0 spiro atoms. The Hall–Kier alpha value is -2.24. The van der Waals surface area contributed by atoms with Crippen molar-refractivity contribution in [2.45, 2.75) is 19.1 Å². The smallest absolute Gasteiger partial charge is 0.265 e. The highest BCUT2D eigenvalue weighted by atomic mass is 16.5. The molecule has 2 rings (SSSR count). The fourth-order valence-corrected chi connectivity index (χ4v) is 1.65. The molecule has 0 fully saturated rings. The molecule has 1 aliphatic heterocycles. The second-order valence-corrected chi connectivity index (χ2v) is 3.93. The molecule has 18 heavy (non-hydrogen) atoms. The molecule has 2 unspecified atom stereocenters. The third-order valence-electron chi connectivity index (χ3n) is 2.64. The average Bonchev–Trinajstić information content (AvgIpc) is 2.36. The van der Waals surface area contributed by atoms with Gasteiger partial charge in [0.25, 0.3) is 5.91 Å². The summed E-state index contributed by atoms with van der Waals surface area (Å²) in [4.78, 5) is 14.0. The number of anilines is 1. The van der Waals surface area contributed by atoms with Gasteiger partial charge < -0.3 is 15.2 Å². The van der Waals surface area contributed by atoms with Gasteiger partial charge in [-0.1, -0.05) is 11.2 Å². The Kier molecular flexibility index (Phi) is 3.36. The lowest BCUT2D eigenvalue weighted by Gasteiger charge is -2.24. The van der Waals surface area contributed by atoms with Crippen molar-refractivity contribution >= 4 is 11.6 Å². The Morgan fingerprint density at radius 2 is 2.44 bits per heavy atom. The van der Waals surface area contributed by atoms with Crippen LogP contribution in [0, 0.1) is 0 Å². The van der Waals surface area contributed by atoms with Crippen LogP contribution >= 0.6 is 0 Å². The summed E-state index contributed by atoms with van der Waals surface area (Å²) in [5.74, 6) is 0.325. The highest BCUT2D eigenvalue weighted by Gasteiger charge is 2.24. The first-order valence-corrected chi connectivity index (χ1v) is 5.42. The highest BCUT2D eigenvalue weighted by molar-refractivity contribution is 5.97. The molecule has 0 saturated carbocycles. The standard InChI is InChI=1S/C11H12N4O3/c1-6-11(17)14-8-4-7(2-3-10(8)18-6)9(16)5-13-15-12/h2-4,6,9,16H,5H2,1H3,(H,14,17). The highest BCUT2D eigenvalue weighted by Crippen LogP contribution is 2.32. The Bertz CT molecular complexity index is 525. The number of carbonyl (C=O) groups is 1. The predicted octanol–water partition coefficient (Wildman–Crippen LogP) is 1.75.